The maximum absolute atomic E-state index is 13.9. The van der Waals surface area contributed by atoms with Crippen LogP contribution in [0.1, 0.15) is 85.0 Å². The number of hydrogen-bond donors (Lipinski definition) is 1. The minimum absolute atomic E-state index is 0.0282. The molecule has 5 aliphatic rings. The molecule has 2 aromatic carbocycles. The molecule has 2 saturated heterocycles. The third-order valence-corrected chi connectivity index (χ3v) is 12.9. The van der Waals surface area contributed by atoms with Gasteiger partial charge in [0.2, 0.25) is 5.91 Å². The Balaban J connectivity index is 0.973. The molecule has 2 saturated carbocycles. The van der Waals surface area contributed by atoms with Crippen molar-refractivity contribution in [2.75, 3.05) is 37.6 Å². The van der Waals surface area contributed by atoms with Crippen molar-refractivity contribution in [3.63, 3.8) is 0 Å². The number of aryl methyl sites for hydroxylation is 1. The Bertz CT molecular complexity index is 1880. The van der Waals surface area contributed by atoms with E-state index >= 15 is 0 Å². The highest BCUT2D eigenvalue weighted by molar-refractivity contribution is 5.98. The van der Waals surface area contributed by atoms with Crippen molar-refractivity contribution < 1.29 is 14.7 Å². The van der Waals surface area contributed by atoms with Gasteiger partial charge in [0.1, 0.15) is 17.3 Å². The molecule has 0 unspecified atom stereocenters. The summed E-state index contributed by atoms with van der Waals surface area (Å²) in [5, 5.41) is 12.4. The van der Waals surface area contributed by atoms with Crippen LogP contribution in [0.4, 0.5) is 5.69 Å². The number of carbonyl (C=O) groups excluding carboxylic acids is 2. The first-order valence-corrected chi connectivity index (χ1v) is 17.8. The summed E-state index contributed by atoms with van der Waals surface area (Å²) in [7, 11) is 0. The summed E-state index contributed by atoms with van der Waals surface area (Å²) in [4.78, 5) is 38.1. The van der Waals surface area contributed by atoms with Gasteiger partial charge in [-0.3, -0.25) is 9.59 Å². The number of piperazine rings is 1. The van der Waals surface area contributed by atoms with Gasteiger partial charge in [0, 0.05) is 49.1 Å². The Kier molecular flexibility index (Phi) is 7.53. The van der Waals surface area contributed by atoms with Crippen LogP contribution in [0, 0.1) is 41.9 Å². The third-order valence-electron chi connectivity index (χ3n) is 12.9. The average molecular weight is 641 g/mol. The van der Waals surface area contributed by atoms with E-state index in [2.05, 4.69) is 40.8 Å². The van der Waals surface area contributed by atoms with E-state index in [1.54, 1.807) is 11.0 Å². The number of anilines is 1. The Morgan fingerprint density at radius 3 is 2.56 bits per heavy atom. The van der Waals surface area contributed by atoms with Gasteiger partial charge in [0.15, 0.2) is 0 Å². The summed E-state index contributed by atoms with van der Waals surface area (Å²) in [6.07, 6.45) is 19.2. The first-order valence-electron chi connectivity index (χ1n) is 17.8. The monoisotopic (exact) mass is 640 g/mol. The summed E-state index contributed by atoms with van der Waals surface area (Å²) in [5.74, 6) is 7.00. The summed E-state index contributed by atoms with van der Waals surface area (Å²) < 4.78 is 0. The van der Waals surface area contributed by atoms with Crippen LogP contribution >= 0.6 is 0 Å². The summed E-state index contributed by atoms with van der Waals surface area (Å²) in [6.45, 7) is 5.35. The molecule has 48 heavy (non-hydrogen) atoms. The number of aromatic nitrogens is 1. The second-order valence-corrected chi connectivity index (χ2v) is 15.0. The number of benzene rings is 2. The Morgan fingerprint density at radius 2 is 1.77 bits per heavy atom. The summed E-state index contributed by atoms with van der Waals surface area (Å²) in [6, 6.07) is 15.6. The predicted octanol–water partition coefficient (Wildman–Crippen LogP) is 5.39. The van der Waals surface area contributed by atoms with Crippen LogP contribution in [0.3, 0.4) is 0 Å². The largest absolute Gasteiger partial charge is 0.377 e. The predicted molar refractivity (Wildman–Crippen MR) is 187 cm³/mol. The number of pyridine rings is 1. The number of para-hydroxylation sites is 1. The number of likely N-dealkylation sites (tertiary alicyclic amines) is 1. The molecule has 1 N–H and O–H groups in total. The molecular formula is C41H44N4O3. The van der Waals surface area contributed by atoms with Crippen LogP contribution in [0.2, 0.25) is 0 Å². The normalized spacial score (nSPS) is 31.0. The fraction of sp³-hybridized carbons (Fsp3) is 0.488. The van der Waals surface area contributed by atoms with E-state index in [0.29, 0.717) is 69.0 Å². The molecule has 3 aliphatic carbocycles. The molecule has 7 heteroatoms. The molecule has 246 valence electrons. The van der Waals surface area contributed by atoms with Gasteiger partial charge in [-0.05, 0) is 105 Å². The Labute approximate surface area is 283 Å². The minimum Gasteiger partial charge on any atom is -0.377 e. The lowest BCUT2D eigenvalue weighted by Gasteiger charge is -2.52. The van der Waals surface area contributed by atoms with Crippen LogP contribution in [0.15, 0.2) is 48.5 Å². The number of amides is 2. The highest BCUT2D eigenvalue weighted by atomic mass is 16.3. The lowest BCUT2D eigenvalue weighted by Crippen LogP contribution is -2.54. The smallest absolute Gasteiger partial charge is 0.273 e. The molecule has 2 amide bonds. The Morgan fingerprint density at radius 1 is 0.958 bits per heavy atom. The van der Waals surface area contributed by atoms with E-state index in [0.717, 1.165) is 60.7 Å². The zero-order valence-corrected chi connectivity index (χ0v) is 27.8. The molecule has 1 aromatic heterocycles. The van der Waals surface area contributed by atoms with Gasteiger partial charge in [-0.15, -0.1) is 12.8 Å². The Hall–Kier alpha value is -4.33. The number of aliphatic hydroxyl groups is 1. The zero-order valence-electron chi connectivity index (χ0n) is 27.8. The fourth-order valence-electron chi connectivity index (χ4n) is 10.2. The number of terminal acetylenes is 2. The van der Waals surface area contributed by atoms with Gasteiger partial charge in [-0.25, -0.2) is 4.98 Å². The van der Waals surface area contributed by atoms with Crippen LogP contribution in [0.25, 0.3) is 10.9 Å². The molecule has 0 bridgehead atoms. The molecule has 6 atom stereocenters. The molecule has 3 heterocycles. The zero-order chi connectivity index (χ0) is 33.2. The lowest BCUT2D eigenvalue weighted by molar-refractivity contribution is -0.135. The van der Waals surface area contributed by atoms with Gasteiger partial charge in [-0.1, -0.05) is 43.0 Å². The van der Waals surface area contributed by atoms with Crippen molar-refractivity contribution in [1.29, 1.82) is 0 Å². The first kappa shape index (κ1) is 31.0. The van der Waals surface area contributed by atoms with E-state index in [-0.39, 0.29) is 17.2 Å². The average Bonchev–Trinajstić information content (AvgIpc) is 3.73. The number of fused-ring (bicyclic) bond motifs is 6. The quantitative estimate of drug-likeness (QED) is 0.389. The topological polar surface area (TPSA) is 77.0 Å². The van der Waals surface area contributed by atoms with E-state index in [4.69, 9.17) is 12.8 Å². The van der Waals surface area contributed by atoms with Crippen LogP contribution in [0.5, 0.6) is 0 Å². The molecule has 3 aromatic rings. The van der Waals surface area contributed by atoms with Crippen molar-refractivity contribution in [2.24, 2.45) is 17.3 Å². The van der Waals surface area contributed by atoms with E-state index in [1.807, 2.05) is 35.2 Å². The number of nitrogens with zero attached hydrogens (tertiary/aromatic N) is 4. The molecule has 4 fully saturated rings. The van der Waals surface area contributed by atoms with Gasteiger partial charge < -0.3 is 19.8 Å². The highest BCUT2D eigenvalue weighted by Crippen LogP contribution is 2.64. The number of rotatable bonds is 3. The second kappa shape index (κ2) is 11.7. The second-order valence-electron chi connectivity index (χ2n) is 15.0. The maximum Gasteiger partial charge on any atom is 0.273 e. The lowest BCUT2D eigenvalue weighted by atomic mass is 9.53. The molecular weight excluding hydrogens is 596 g/mol. The highest BCUT2D eigenvalue weighted by Gasteiger charge is 2.61. The van der Waals surface area contributed by atoms with E-state index in [9.17, 15) is 14.7 Å². The molecule has 2 aliphatic heterocycles. The first-order chi connectivity index (χ1) is 23.2. The van der Waals surface area contributed by atoms with Gasteiger partial charge in [0.25, 0.3) is 5.91 Å². The van der Waals surface area contributed by atoms with Crippen LogP contribution in [-0.2, 0) is 11.2 Å². The molecule has 7 nitrogen and oxygen atoms in total. The fourth-order valence-corrected chi connectivity index (χ4v) is 10.2. The van der Waals surface area contributed by atoms with Gasteiger partial charge in [-0.2, -0.15) is 0 Å². The maximum atomic E-state index is 13.9. The molecule has 0 radical (unpaired) electrons. The van der Waals surface area contributed by atoms with Crippen molar-refractivity contribution in [2.45, 2.75) is 75.9 Å². The van der Waals surface area contributed by atoms with Crippen molar-refractivity contribution in [1.82, 2.24) is 14.8 Å². The van der Waals surface area contributed by atoms with E-state index in [1.165, 1.54) is 11.1 Å². The van der Waals surface area contributed by atoms with Crippen molar-refractivity contribution >= 4 is 28.4 Å². The van der Waals surface area contributed by atoms with Crippen LogP contribution in [-0.4, -0.2) is 76.1 Å². The third kappa shape index (κ3) is 4.73. The minimum atomic E-state index is -1.01. The summed E-state index contributed by atoms with van der Waals surface area (Å²) in [5.41, 5.74) is 4.72. The van der Waals surface area contributed by atoms with E-state index < -0.39 is 11.6 Å². The van der Waals surface area contributed by atoms with Crippen molar-refractivity contribution in [3.8, 4) is 24.7 Å². The molecule has 0 spiro atoms. The van der Waals surface area contributed by atoms with Crippen LogP contribution < -0.4 is 4.90 Å². The molecule has 8 rings (SSSR count). The van der Waals surface area contributed by atoms with Gasteiger partial charge in [0.05, 0.1) is 11.2 Å². The summed E-state index contributed by atoms with van der Waals surface area (Å²) >= 11 is 0. The standard InChI is InChI=1S/C41H44N4O3/c1-4-27-25-29-12-14-31-30(16-18-40(3)33(31)17-19-41(40,48)5-2)32(29)26-37(27)43-21-23-44(24-22-43)39(47)36-11-8-20-45(36)38(46)35-15-13-28-9-6-7-10-34(28)42-35/h1-2,6-7,9-10,13,15,25-26,30-31,33,36,48H,8,11-12,14,16-24H2,3H3/t30-,31+,33-,36-,40-,41-/m0/s1. The number of carbonyl (C=O) groups is 2. The SMILES string of the molecule is C#Cc1cc2c(cc1N1CCN(C(=O)[C@@H]3CCCN3C(=O)c3ccc4ccccc4n3)CC1)[C@H]1CC[C@@]3(C)[C@@H](CC[C@@]3(O)C#C)[C@@H]1CC2. The van der Waals surface area contributed by atoms with Gasteiger partial charge >= 0.3 is 0 Å². The number of hydrogen-bond acceptors (Lipinski definition) is 5. The van der Waals surface area contributed by atoms with Crippen molar-refractivity contribution in [3.05, 3.63) is 70.9 Å².